The van der Waals surface area contributed by atoms with E-state index in [1.54, 1.807) is 0 Å². The van der Waals surface area contributed by atoms with Crippen molar-refractivity contribution >= 4 is 21.8 Å². The van der Waals surface area contributed by atoms with Gasteiger partial charge in [0.2, 0.25) is 0 Å². The molecule has 2 aliphatic rings. The second-order valence-corrected chi connectivity index (χ2v) is 5.82. The van der Waals surface area contributed by atoms with Crippen molar-refractivity contribution in [3.8, 4) is 0 Å². The first-order valence-corrected chi connectivity index (χ1v) is 7.12. The molecule has 2 nitrogen and oxygen atoms in total. The molecule has 0 amide bonds. The summed E-state index contributed by atoms with van der Waals surface area (Å²) in [6, 6.07) is 9.53. The van der Waals surface area contributed by atoms with Gasteiger partial charge >= 0.3 is 0 Å². The second kappa shape index (κ2) is 4.45. The zero-order valence-electron chi connectivity index (χ0n) is 10.1. The van der Waals surface area contributed by atoms with Gasteiger partial charge in [-0.3, -0.25) is 4.99 Å². The van der Waals surface area contributed by atoms with E-state index in [4.69, 9.17) is 4.99 Å². The highest BCUT2D eigenvalue weighted by Gasteiger charge is 2.36. The second-order valence-electron chi connectivity index (χ2n) is 4.96. The number of nitrogens with zero attached hydrogens (tertiary/aromatic N) is 2. The number of hydrogen-bond donors (Lipinski definition) is 0. The highest BCUT2D eigenvalue weighted by atomic mass is 79.9. The maximum atomic E-state index is 4.93. The zero-order valence-corrected chi connectivity index (χ0v) is 11.7. The van der Waals surface area contributed by atoms with Gasteiger partial charge in [0.05, 0.1) is 12.1 Å². The first-order chi connectivity index (χ1) is 8.27. The monoisotopic (exact) mass is 292 g/mol. The fourth-order valence-electron chi connectivity index (χ4n) is 3.00. The Kier molecular flexibility index (Phi) is 2.95. The minimum Gasteiger partial charge on any atom is -0.354 e. The van der Waals surface area contributed by atoms with Gasteiger partial charge in [0.15, 0.2) is 0 Å². The Hall–Kier alpha value is -0.830. The summed E-state index contributed by atoms with van der Waals surface area (Å²) in [5.74, 6) is 1.16. The maximum Gasteiger partial charge on any atom is 0.132 e. The Morgan fingerprint density at radius 1 is 1.24 bits per heavy atom. The van der Waals surface area contributed by atoms with E-state index in [0.717, 1.165) is 10.3 Å². The van der Waals surface area contributed by atoms with Crippen molar-refractivity contribution < 1.29 is 0 Å². The lowest BCUT2D eigenvalue weighted by atomic mass is 9.91. The van der Waals surface area contributed by atoms with E-state index in [2.05, 4.69) is 52.1 Å². The molecule has 2 atom stereocenters. The van der Waals surface area contributed by atoms with E-state index in [0.29, 0.717) is 12.1 Å². The number of halogens is 1. The van der Waals surface area contributed by atoms with Crippen molar-refractivity contribution in [3.63, 3.8) is 0 Å². The molecule has 0 saturated heterocycles. The Balaban J connectivity index is 1.96. The van der Waals surface area contributed by atoms with E-state index < -0.39 is 0 Å². The van der Waals surface area contributed by atoms with Gasteiger partial charge in [0.1, 0.15) is 5.84 Å². The molecule has 0 N–H and O–H groups in total. The summed E-state index contributed by atoms with van der Waals surface area (Å²) in [4.78, 5) is 7.31. The number of likely N-dealkylation sites (N-methyl/N-ethyl adjacent to an activating group) is 1. The van der Waals surface area contributed by atoms with Crippen molar-refractivity contribution in [2.75, 3.05) is 7.05 Å². The lowest BCUT2D eigenvalue weighted by Crippen LogP contribution is -2.38. The van der Waals surface area contributed by atoms with Gasteiger partial charge in [0, 0.05) is 17.1 Å². The number of rotatable bonds is 1. The molecule has 1 aliphatic carbocycles. The molecule has 1 heterocycles. The predicted octanol–water partition coefficient (Wildman–Crippen LogP) is 3.45. The normalized spacial score (nSPS) is 27.9. The third-order valence-electron chi connectivity index (χ3n) is 3.93. The summed E-state index contributed by atoms with van der Waals surface area (Å²) in [7, 11) is 2.19. The standard InChI is InChI=1S/C14H17BrN2/c1-17-13-9-5-4-8-12(13)16-14(17)10-6-2-3-7-11(10)15/h2-3,6-7,12-13H,4-5,8-9H2,1H3/t12-,13-/m0/s1. The highest BCUT2D eigenvalue weighted by molar-refractivity contribution is 9.10. The Morgan fingerprint density at radius 3 is 2.76 bits per heavy atom. The molecule has 3 heteroatoms. The zero-order chi connectivity index (χ0) is 11.8. The molecule has 1 aromatic rings. The third-order valence-corrected chi connectivity index (χ3v) is 4.62. The van der Waals surface area contributed by atoms with Crippen LogP contribution in [0.25, 0.3) is 0 Å². The van der Waals surface area contributed by atoms with Crippen LogP contribution in [0.15, 0.2) is 33.7 Å². The van der Waals surface area contributed by atoms with Gasteiger partial charge in [-0.25, -0.2) is 0 Å². The molecule has 17 heavy (non-hydrogen) atoms. The van der Waals surface area contributed by atoms with E-state index in [9.17, 15) is 0 Å². The van der Waals surface area contributed by atoms with Gasteiger partial charge < -0.3 is 4.90 Å². The lowest BCUT2D eigenvalue weighted by Gasteiger charge is -2.30. The summed E-state index contributed by atoms with van der Waals surface area (Å²) in [5, 5.41) is 0. The molecule has 3 rings (SSSR count). The molecule has 0 radical (unpaired) electrons. The Morgan fingerprint density at radius 2 is 2.00 bits per heavy atom. The average molecular weight is 293 g/mol. The SMILES string of the molecule is CN1C(c2ccccc2Br)=N[C@H]2CCCC[C@@H]21. The van der Waals surface area contributed by atoms with E-state index in [-0.39, 0.29) is 0 Å². The van der Waals surface area contributed by atoms with Gasteiger partial charge in [-0.15, -0.1) is 0 Å². The van der Waals surface area contributed by atoms with Crippen LogP contribution in [0.5, 0.6) is 0 Å². The Bertz CT molecular complexity index is 455. The van der Waals surface area contributed by atoms with Crippen molar-refractivity contribution in [2.45, 2.75) is 37.8 Å². The summed E-state index contributed by atoms with van der Waals surface area (Å²) in [6.45, 7) is 0. The summed E-state index contributed by atoms with van der Waals surface area (Å²) in [6.07, 6.45) is 5.23. The first kappa shape index (κ1) is 11.3. The van der Waals surface area contributed by atoms with Gasteiger partial charge in [-0.1, -0.05) is 47.0 Å². The quantitative estimate of drug-likeness (QED) is 0.774. The van der Waals surface area contributed by atoms with Gasteiger partial charge in [-0.2, -0.15) is 0 Å². The summed E-state index contributed by atoms with van der Waals surface area (Å²) >= 11 is 3.63. The molecule has 0 spiro atoms. The number of amidine groups is 1. The van der Waals surface area contributed by atoms with Crippen LogP contribution in [0.4, 0.5) is 0 Å². The largest absolute Gasteiger partial charge is 0.354 e. The molecule has 1 fully saturated rings. The van der Waals surface area contributed by atoms with Crippen molar-refractivity contribution in [3.05, 3.63) is 34.3 Å². The van der Waals surface area contributed by atoms with Gasteiger partial charge in [-0.05, 0) is 18.9 Å². The van der Waals surface area contributed by atoms with Crippen LogP contribution in [0.1, 0.15) is 31.2 Å². The van der Waals surface area contributed by atoms with Crippen molar-refractivity contribution in [1.82, 2.24) is 4.90 Å². The highest BCUT2D eigenvalue weighted by Crippen LogP contribution is 2.32. The average Bonchev–Trinajstić information content (AvgIpc) is 2.68. The molecule has 1 aliphatic heterocycles. The lowest BCUT2D eigenvalue weighted by molar-refractivity contribution is 0.276. The number of aliphatic imine (C=N–C) groups is 1. The molecule has 1 saturated carbocycles. The molecule has 90 valence electrons. The third kappa shape index (κ3) is 1.90. The van der Waals surface area contributed by atoms with Crippen LogP contribution < -0.4 is 0 Å². The Labute approximate surface area is 111 Å². The van der Waals surface area contributed by atoms with E-state index >= 15 is 0 Å². The van der Waals surface area contributed by atoms with Crippen molar-refractivity contribution in [1.29, 1.82) is 0 Å². The molecular weight excluding hydrogens is 276 g/mol. The van der Waals surface area contributed by atoms with E-state index in [1.807, 2.05) is 0 Å². The topological polar surface area (TPSA) is 15.6 Å². The fraction of sp³-hybridized carbons (Fsp3) is 0.500. The van der Waals surface area contributed by atoms with Crippen LogP contribution in [0.2, 0.25) is 0 Å². The minimum absolute atomic E-state index is 0.524. The molecular formula is C14H17BrN2. The summed E-state index contributed by atoms with van der Waals surface area (Å²) < 4.78 is 1.14. The molecule has 1 aromatic carbocycles. The van der Waals surface area contributed by atoms with Crippen LogP contribution in [-0.4, -0.2) is 29.9 Å². The van der Waals surface area contributed by atoms with Gasteiger partial charge in [0.25, 0.3) is 0 Å². The number of fused-ring (bicyclic) bond motifs is 1. The summed E-state index contributed by atoms with van der Waals surface area (Å²) in [5.41, 5.74) is 1.23. The van der Waals surface area contributed by atoms with E-state index in [1.165, 1.54) is 31.2 Å². The predicted molar refractivity (Wildman–Crippen MR) is 74.5 cm³/mol. The first-order valence-electron chi connectivity index (χ1n) is 6.33. The smallest absolute Gasteiger partial charge is 0.132 e. The molecule has 0 aromatic heterocycles. The number of hydrogen-bond acceptors (Lipinski definition) is 2. The van der Waals surface area contributed by atoms with Crippen LogP contribution in [0.3, 0.4) is 0 Å². The number of benzene rings is 1. The van der Waals surface area contributed by atoms with Crippen molar-refractivity contribution in [2.24, 2.45) is 4.99 Å². The maximum absolute atomic E-state index is 4.93. The minimum atomic E-state index is 0.524. The molecule has 0 unspecified atom stereocenters. The van der Waals surface area contributed by atoms with Crippen LogP contribution in [-0.2, 0) is 0 Å². The molecule has 0 bridgehead atoms. The fourth-order valence-corrected chi connectivity index (χ4v) is 3.46. The van der Waals surface area contributed by atoms with Crippen LogP contribution >= 0.6 is 15.9 Å². The van der Waals surface area contributed by atoms with Crippen LogP contribution in [0, 0.1) is 0 Å².